The van der Waals surface area contributed by atoms with Crippen LogP contribution in [0.3, 0.4) is 0 Å². The van der Waals surface area contributed by atoms with E-state index in [0.717, 1.165) is 45.3 Å². The number of rotatable bonds is 2. The molecular formula is C42H33N3O. The molecule has 4 unspecified atom stereocenters. The number of hydrogen-bond acceptors (Lipinski definition) is 3. The summed E-state index contributed by atoms with van der Waals surface area (Å²) < 4.78 is 9.10. The Labute approximate surface area is 268 Å². The van der Waals surface area contributed by atoms with Crippen LogP contribution in [0.2, 0.25) is 0 Å². The van der Waals surface area contributed by atoms with Crippen molar-refractivity contribution in [3.05, 3.63) is 131 Å². The van der Waals surface area contributed by atoms with Gasteiger partial charge in [-0.25, -0.2) is 0 Å². The molecule has 46 heavy (non-hydrogen) atoms. The number of fused-ring (bicyclic) bond motifs is 10. The minimum absolute atomic E-state index is 0.00536. The molecule has 0 N–H and O–H groups in total. The lowest BCUT2D eigenvalue weighted by molar-refractivity contribution is 0.324. The lowest BCUT2D eigenvalue weighted by Gasteiger charge is -2.36. The molecule has 2 aromatic heterocycles. The molecule has 9 rings (SSSR count). The van der Waals surface area contributed by atoms with Crippen LogP contribution in [0.4, 0.5) is 0 Å². The zero-order valence-electron chi connectivity index (χ0n) is 26.2. The predicted molar refractivity (Wildman–Crippen MR) is 185 cm³/mol. The van der Waals surface area contributed by atoms with Crippen LogP contribution in [0.1, 0.15) is 55.2 Å². The molecule has 4 aliphatic carbocycles. The fourth-order valence-corrected chi connectivity index (χ4v) is 9.13. The molecule has 2 heterocycles. The second kappa shape index (κ2) is 9.35. The third-order valence-electron chi connectivity index (χ3n) is 11.3. The fraction of sp³-hybridized carbons (Fsp3) is 0.238. The zero-order valence-corrected chi connectivity index (χ0v) is 26.2. The van der Waals surface area contributed by atoms with E-state index in [1.165, 1.54) is 27.6 Å². The Balaban J connectivity index is 1.18. The number of para-hydroxylation sites is 1. The SMILES string of the molecule is CC1(C)c2ccc3c4c(oc3c2C2(C)C=CC=CC12)C=CC(C1=CCC(C#N)C=C1n1c2ccccc2c2cc(C#N)ccc21)C4. The van der Waals surface area contributed by atoms with Crippen molar-refractivity contribution in [2.75, 3.05) is 0 Å². The van der Waals surface area contributed by atoms with E-state index in [1.54, 1.807) is 0 Å². The number of aromatic nitrogens is 1. The van der Waals surface area contributed by atoms with Gasteiger partial charge in [-0.2, -0.15) is 10.5 Å². The maximum atomic E-state index is 10.0. The van der Waals surface area contributed by atoms with Gasteiger partial charge in [0.1, 0.15) is 11.3 Å². The fourth-order valence-electron chi connectivity index (χ4n) is 9.13. The maximum Gasteiger partial charge on any atom is 0.139 e. The molecule has 0 saturated carbocycles. The van der Waals surface area contributed by atoms with E-state index in [0.29, 0.717) is 17.9 Å². The Kier molecular flexibility index (Phi) is 5.49. The van der Waals surface area contributed by atoms with E-state index >= 15 is 0 Å². The summed E-state index contributed by atoms with van der Waals surface area (Å²) in [6.45, 7) is 7.10. The van der Waals surface area contributed by atoms with E-state index in [4.69, 9.17) is 4.42 Å². The van der Waals surface area contributed by atoms with Crippen LogP contribution in [0.25, 0.3) is 44.5 Å². The number of nitrogens with zero attached hydrogens (tertiary/aromatic N) is 3. The van der Waals surface area contributed by atoms with E-state index in [-0.39, 0.29) is 22.7 Å². The number of allylic oxidation sites excluding steroid dienone is 9. The van der Waals surface area contributed by atoms with Crippen LogP contribution in [0, 0.1) is 40.4 Å². The summed E-state index contributed by atoms with van der Waals surface area (Å²) in [7, 11) is 0. The van der Waals surface area contributed by atoms with E-state index in [2.05, 4.69) is 116 Å². The molecule has 4 heteroatoms. The number of hydrogen-bond donors (Lipinski definition) is 0. The van der Waals surface area contributed by atoms with E-state index in [9.17, 15) is 10.5 Å². The van der Waals surface area contributed by atoms with Gasteiger partial charge in [-0.3, -0.25) is 0 Å². The minimum atomic E-state index is -0.205. The van der Waals surface area contributed by atoms with Crippen molar-refractivity contribution in [3.8, 4) is 12.1 Å². The highest BCUT2D eigenvalue weighted by Crippen LogP contribution is 2.59. The normalized spacial score (nSPS) is 25.5. The van der Waals surface area contributed by atoms with Crippen molar-refractivity contribution in [2.24, 2.45) is 17.8 Å². The van der Waals surface area contributed by atoms with Crippen LogP contribution in [-0.4, -0.2) is 4.57 Å². The summed E-state index contributed by atoms with van der Waals surface area (Å²) in [5.74, 6) is 1.25. The van der Waals surface area contributed by atoms with Gasteiger partial charge in [-0.1, -0.05) is 87.6 Å². The summed E-state index contributed by atoms with van der Waals surface area (Å²) in [4.78, 5) is 0. The predicted octanol–water partition coefficient (Wildman–Crippen LogP) is 9.90. The van der Waals surface area contributed by atoms with Crippen LogP contribution >= 0.6 is 0 Å². The van der Waals surface area contributed by atoms with Crippen LogP contribution in [0.5, 0.6) is 0 Å². The second-order valence-electron chi connectivity index (χ2n) is 14.1. The average molecular weight is 596 g/mol. The summed E-state index contributed by atoms with van der Waals surface area (Å²) >= 11 is 0. The highest BCUT2D eigenvalue weighted by Gasteiger charge is 2.53. The van der Waals surface area contributed by atoms with Crippen molar-refractivity contribution in [2.45, 2.75) is 44.4 Å². The highest BCUT2D eigenvalue weighted by molar-refractivity contribution is 6.11. The van der Waals surface area contributed by atoms with Crippen LogP contribution in [0.15, 0.2) is 107 Å². The summed E-state index contributed by atoms with van der Waals surface area (Å²) in [5.41, 5.74) is 9.92. The minimum Gasteiger partial charge on any atom is -0.456 e. The molecule has 0 radical (unpaired) electrons. The Morgan fingerprint density at radius 1 is 0.913 bits per heavy atom. The summed E-state index contributed by atoms with van der Waals surface area (Å²) in [5, 5.41) is 23.0. The standard InChI is InChI=1S/C42H33N3O/c1-41(2)33-16-15-30-32-22-27(13-18-37(32)46-40(30)39(33)42(3)19-7-6-10-38(41)42)28-14-11-26(24-44)21-36(28)45-34-9-5-4-8-29(34)31-20-25(23-43)12-17-35(31)45/h4-10,12-21,26-27,38H,11,22H2,1-3H3. The van der Waals surface area contributed by atoms with Gasteiger partial charge in [0, 0.05) is 44.3 Å². The molecule has 5 aromatic rings. The number of benzene rings is 3. The van der Waals surface area contributed by atoms with Gasteiger partial charge in [-0.15, -0.1) is 0 Å². The summed E-state index contributed by atoms with van der Waals surface area (Å²) in [6.07, 6.45) is 19.5. The Morgan fingerprint density at radius 3 is 2.61 bits per heavy atom. The lowest BCUT2D eigenvalue weighted by Crippen LogP contribution is -2.34. The smallest absolute Gasteiger partial charge is 0.139 e. The molecule has 0 bridgehead atoms. The maximum absolute atomic E-state index is 10.0. The molecule has 0 saturated heterocycles. The van der Waals surface area contributed by atoms with Crippen molar-refractivity contribution in [3.63, 3.8) is 0 Å². The van der Waals surface area contributed by atoms with Crippen molar-refractivity contribution in [1.82, 2.24) is 4.57 Å². The van der Waals surface area contributed by atoms with Crippen LogP contribution in [-0.2, 0) is 17.3 Å². The van der Waals surface area contributed by atoms with Gasteiger partial charge in [0.25, 0.3) is 0 Å². The topological polar surface area (TPSA) is 65.7 Å². The van der Waals surface area contributed by atoms with Gasteiger partial charge < -0.3 is 8.98 Å². The molecule has 4 aliphatic rings. The first-order valence-electron chi connectivity index (χ1n) is 16.2. The first-order chi connectivity index (χ1) is 22.3. The first-order valence-corrected chi connectivity index (χ1v) is 16.2. The average Bonchev–Trinajstić information content (AvgIpc) is 3.67. The van der Waals surface area contributed by atoms with Crippen molar-refractivity contribution < 1.29 is 4.42 Å². The van der Waals surface area contributed by atoms with Crippen molar-refractivity contribution >= 4 is 44.5 Å². The quantitative estimate of drug-likeness (QED) is 0.204. The Hall–Kier alpha value is -5.32. The number of furan rings is 1. The molecule has 0 amide bonds. The van der Waals surface area contributed by atoms with Gasteiger partial charge in [0.2, 0.25) is 0 Å². The van der Waals surface area contributed by atoms with Gasteiger partial charge in [-0.05, 0) is 71.7 Å². The molecule has 0 spiro atoms. The Bertz CT molecular complexity index is 2410. The second-order valence-corrected chi connectivity index (χ2v) is 14.1. The monoisotopic (exact) mass is 595 g/mol. The van der Waals surface area contributed by atoms with E-state index < -0.39 is 0 Å². The number of nitriles is 2. The molecular weight excluding hydrogens is 562 g/mol. The molecule has 222 valence electrons. The molecule has 0 fully saturated rings. The summed E-state index contributed by atoms with van der Waals surface area (Å²) in [6, 6.07) is 23.7. The molecule has 0 aliphatic heterocycles. The molecule has 4 nitrogen and oxygen atoms in total. The van der Waals surface area contributed by atoms with Gasteiger partial charge >= 0.3 is 0 Å². The highest BCUT2D eigenvalue weighted by atomic mass is 16.3. The lowest BCUT2D eigenvalue weighted by atomic mass is 9.67. The van der Waals surface area contributed by atoms with Crippen LogP contribution < -0.4 is 0 Å². The Morgan fingerprint density at radius 2 is 1.76 bits per heavy atom. The first kappa shape index (κ1) is 27.0. The zero-order chi connectivity index (χ0) is 31.4. The molecule has 4 atom stereocenters. The third kappa shape index (κ3) is 3.48. The molecule has 3 aromatic carbocycles. The largest absolute Gasteiger partial charge is 0.456 e. The van der Waals surface area contributed by atoms with E-state index in [1.807, 2.05) is 24.3 Å². The van der Waals surface area contributed by atoms with Crippen molar-refractivity contribution in [1.29, 1.82) is 10.5 Å². The third-order valence-corrected chi connectivity index (χ3v) is 11.3. The van der Waals surface area contributed by atoms with Gasteiger partial charge in [0.05, 0.1) is 34.7 Å². The van der Waals surface area contributed by atoms with Gasteiger partial charge in [0.15, 0.2) is 0 Å².